The molecule has 0 spiro atoms. The van der Waals surface area contributed by atoms with Gasteiger partial charge < -0.3 is 10.6 Å². The van der Waals surface area contributed by atoms with Crippen LogP contribution in [0.1, 0.15) is 5.56 Å². The Morgan fingerprint density at radius 2 is 1.86 bits per heavy atom. The smallest absolute Gasteiger partial charge is 0.239 e. The number of carbonyl (C=O) groups is 1. The third-order valence-electron chi connectivity index (χ3n) is 2.82. The Hall–Kier alpha value is -2.14. The molecule has 1 amide bonds. The van der Waals surface area contributed by atoms with Crippen molar-refractivity contribution in [1.29, 1.82) is 0 Å². The molecule has 0 unspecified atom stereocenters. The lowest BCUT2D eigenvalue weighted by molar-refractivity contribution is -0.119. The highest BCUT2D eigenvalue weighted by atomic mass is 35.5. The molecule has 0 aromatic heterocycles. The molecular formula is C15H13ClF2N2O. The molecule has 6 heteroatoms. The average molecular weight is 311 g/mol. The van der Waals surface area contributed by atoms with Gasteiger partial charge in [-0.1, -0.05) is 35.9 Å². The van der Waals surface area contributed by atoms with Crippen molar-refractivity contribution in [2.75, 3.05) is 11.9 Å². The molecule has 0 aliphatic heterocycles. The van der Waals surface area contributed by atoms with Crippen molar-refractivity contribution < 1.29 is 13.6 Å². The lowest BCUT2D eigenvalue weighted by Crippen LogP contribution is -2.29. The van der Waals surface area contributed by atoms with Crippen LogP contribution in [0.5, 0.6) is 0 Å². The van der Waals surface area contributed by atoms with Crippen molar-refractivity contribution in [3.8, 4) is 0 Å². The van der Waals surface area contributed by atoms with Crippen molar-refractivity contribution in [3.63, 3.8) is 0 Å². The van der Waals surface area contributed by atoms with Crippen molar-refractivity contribution >= 4 is 23.2 Å². The largest absolute Gasteiger partial charge is 0.374 e. The maximum Gasteiger partial charge on any atom is 0.239 e. The summed E-state index contributed by atoms with van der Waals surface area (Å²) in [6, 6.07) is 10.6. The Balaban J connectivity index is 1.85. The maximum absolute atomic E-state index is 13.6. The molecule has 0 saturated heterocycles. The van der Waals surface area contributed by atoms with Crippen LogP contribution in [0, 0.1) is 11.6 Å². The molecule has 2 aromatic carbocycles. The van der Waals surface area contributed by atoms with Crippen molar-refractivity contribution in [2.45, 2.75) is 6.54 Å². The Morgan fingerprint density at radius 3 is 2.62 bits per heavy atom. The zero-order valence-electron chi connectivity index (χ0n) is 11.0. The van der Waals surface area contributed by atoms with Gasteiger partial charge in [0, 0.05) is 12.1 Å². The van der Waals surface area contributed by atoms with E-state index in [4.69, 9.17) is 11.6 Å². The standard InChI is InChI=1S/C15H13ClF2N2O/c16-11-5-3-7-13(15(11)18)19-9-14(21)20-8-10-4-1-2-6-12(10)17/h1-7,19H,8-9H2,(H,20,21). The minimum absolute atomic E-state index is 0.0215. The highest BCUT2D eigenvalue weighted by molar-refractivity contribution is 6.31. The minimum atomic E-state index is -0.610. The lowest BCUT2D eigenvalue weighted by Gasteiger charge is -2.09. The molecule has 0 atom stereocenters. The molecule has 0 saturated carbocycles. The van der Waals surface area contributed by atoms with Gasteiger partial charge in [0.15, 0.2) is 5.82 Å². The first-order chi connectivity index (χ1) is 10.1. The number of benzene rings is 2. The van der Waals surface area contributed by atoms with Gasteiger partial charge in [0.25, 0.3) is 0 Å². The predicted octanol–water partition coefficient (Wildman–Crippen LogP) is 3.35. The second-order valence-electron chi connectivity index (χ2n) is 4.32. The number of nitrogens with one attached hydrogen (secondary N) is 2. The number of hydrogen-bond donors (Lipinski definition) is 2. The SMILES string of the molecule is O=C(CNc1cccc(Cl)c1F)NCc1ccccc1F. The molecule has 0 aliphatic rings. The molecule has 0 heterocycles. The highest BCUT2D eigenvalue weighted by Crippen LogP contribution is 2.21. The number of amides is 1. The molecule has 0 bridgehead atoms. The molecule has 2 rings (SSSR count). The van der Waals surface area contributed by atoms with Crippen LogP contribution >= 0.6 is 11.6 Å². The third-order valence-corrected chi connectivity index (χ3v) is 3.12. The molecular weight excluding hydrogens is 298 g/mol. The van der Waals surface area contributed by atoms with E-state index in [2.05, 4.69) is 10.6 Å². The summed E-state index contributed by atoms with van der Waals surface area (Å²) in [6.45, 7) is -0.0586. The van der Waals surface area contributed by atoms with Crippen LogP contribution in [-0.2, 0) is 11.3 Å². The van der Waals surface area contributed by atoms with E-state index in [-0.39, 0.29) is 35.5 Å². The van der Waals surface area contributed by atoms with E-state index in [1.165, 1.54) is 18.2 Å². The van der Waals surface area contributed by atoms with Crippen molar-refractivity contribution in [3.05, 3.63) is 64.7 Å². The molecule has 0 aliphatic carbocycles. The summed E-state index contributed by atoms with van der Waals surface area (Å²) in [5.74, 6) is -1.37. The Labute approximate surface area is 125 Å². The normalized spacial score (nSPS) is 10.2. The van der Waals surface area contributed by atoms with Gasteiger partial charge in [0.1, 0.15) is 5.82 Å². The van der Waals surface area contributed by atoms with Gasteiger partial charge in [-0.15, -0.1) is 0 Å². The summed E-state index contributed by atoms with van der Waals surface area (Å²) in [5, 5.41) is 5.16. The van der Waals surface area contributed by atoms with E-state index in [9.17, 15) is 13.6 Å². The van der Waals surface area contributed by atoms with E-state index in [1.807, 2.05) is 0 Å². The van der Waals surface area contributed by atoms with Gasteiger partial charge in [0.05, 0.1) is 17.3 Å². The first-order valence-electron chi connectivity index (χ1n) is 6.26. The monoisotopic (exact) mass is 310 g/mol. The van der Waals surface area contributed by atoms with Crippen LogP contribution < -0.4 is 10.6 Å². The molecule has 3 nitrogen and oxygen atoms in total. The lowest BCUT2D eigenvalue weighted by atomic mass is 10.2. The zero-order chi connectivity index (χ0) is 15.2. The van der Waals surface area contributed by atoms with Gasteiger partial charge >= 0.3 is 0 Å². The van der Waals surface area contributed by atoms with E-state index in [0.29, 0.717) is 5.56 Å². The fourth-order valence-corrected chi connectivity index (χ4v) is 1.89. The van der Waals surface area contributed by atoms with Crippen LogP contribution in [0.25, 0.3) is 0 Å². The Morgan fingerprint density at radius 1 is 1.10 bits per heavy atom. The van der Waals surface area contributed by atoms with Gasteiger partial charge in [0.2, 0.25) is 5.91 Å². The second kappa shape index (κ2) is 7.04. The Kier molecular flexibility index (Phi) is 5.11. The first-order valence-corrected chi connectivity index (χ1v) is 6.63. The van der Waals surface area contributed by atoms with Crippen LogP contribution in [0.2, 0.25) is 5.02 Å². The number of rotatable bonds is 5. The average Bonchev–Trinajstić information content (AvgIpc) is 2.48. The number of anilines is 1. The fourth-order valence-electron chi connectivity index (χ4n) is 1.71. The van der Waals surface area contributed by atoms with Gasteiger partial charge in [-0.3, -0.25) is 4.79 Å². The zero-order valence-corrected chi connectivity index (χ0v) is 11.8. The summed E-state index contributed by atoms with van der Waals surface area (Å²) in [7, 11) is 0. The van der Waals surface area contributed by atoms with E-state index in [0.717, 1.165) is 0 Å². The van der Waals surface area contributed by atoms with Crippen LogP contribution in [0.3, 0.4) is 0 Å². The molecule has 21 heavy (non-hydrogen) atoms. The molecule has 0 fully saturated rings. The summed E-state index contributed by atoms with van der Waals surface area (Å²) >= 11 is 5.63. The minimum Gasteiger partial charge on any atom is -0.374 e. The van der Waals surface area contributed by atoms with Gasteiger partial charge in [-0.05, 0) is 18.2 Å². The first kappa shape index (κ1) is 15.3. The van der Waals surface area contributed by atoms with Gasteiger partial charge in [-0.25, -0.2) is 8.78 Å². The number of halogens is 3. The fraction of sp³-hybridized carbons (Fsp3) is 0.133. The molecule has 2 N–H and O–H groups in total. The summed E-state index contributed by atoms with van der Waals surface area (Å²) in [4.78, 5) is 11.6. The molecule has 2 aromatic rings. The maximum atomic E-state index is 13.6. The quantitative estimate of drug-likeness (QED) is 0.889. The van der Waals surface area contributed by atoms with Crippen molar-refractivity contribution in [2.24, 2.45) is 0 Å². The summed E-state index contributed by atoms with van der Waals surface area (Å²) < 4.78 is 26.9. The van der Waals surface area contributed by atoms with Crippen LogP contribution in [0.4, 0.5) is 14.5 Å². The second-order valence-corrected chi connectivity index (χ2v) is 4.73. The number of carbonyl (C=O) groups excluding carboxylic acids is 1. The van der Waals surface area contributed by atoms with Crippen LogP contribution in [-0.4, -0.2) is 12.5 Å². The number of hydrogen-bond acceptors (Lipinski definition) is 2. The highest BCUT2D eigenvalue weighted by Gasteiger charge is 2.08. The van der Waals surface area contributed by atoms with E-state index >= 15 is 0 Å². The molecule has 110 valence electrons. The Bertz CT molecular complexity index is 649. The van der Waals surface area contributed by atoms with E-state index < -0.39 is 5.82 Å². The van der Waals surface area contributed by atoms with Crippen molar-refractivity contribution in [1.82, 2.24) is 5.32 Å². The van der Waals surface area contributed by atoms with E-state index in [1.54, 1.807) is 24.3 Å². The predicted molar refractivity (Wildman–Crippen MR) is 78.1 cm³/mol. The van der Waals surface area contributed by atoms with Gasteiger partial charge in [-0.2, -0.15) is 0 Å². The third kappa shape index (κ3) is 4.16. The summed E-state index contributed by atoms with van der Waals surface area (Å²) in [6.07, 6.45) is 0. The van der Waals surface area contributed by atoms with Crippen LogP contribution in [0.15, 0.2) is 42.5 Å². The summed E-state index contributed by atoms with van der Waals surface area (Å²) in [5.41, 5.74) is 0.531. The topological polar surface area (TPSA) is 41.1 Å². The molecule has 0 radical (unpaired) electrons.